The van der Waals surface area contributed by atoms with Gasteiger partial charge in [-0.05, 0) is 80.7 Å². The van der Waals surface area contributed by atoms with Crippen molar-refractivity contribution in [2.24, 2.45) is 11.8 Å². The van der Waals surface area contributed by atoms with E-state index in [0.717, 1.165) is 55.3 Å². The maximum Gasteiger partial charge on any atom is 0.273 e. The van der Waals surface area contributed by atoms with Crippen molar-refractivity contribution in [3.8, 4) is 0 Å². The van der Waals surface area contributed by atoms with Crippen LogP contribution in [0.4, 0.5) is 8.78 Å². The molecule has 3 atom stereocenters. The molecule has 0 spiro atoms. The summed E-state index contributed by atoms with van der Waals surface area (Å²) in [5.41, 5.74) is 1.87. The molecule has 2 fully saturated rings. The highest BCUT2D eigenvalue weighted by atomic mass is 32.1. The van der Waals surface area contributed by atoms with Gasteiger partial charge in [0.15, 0.2) is 5.78 Å². The highest BCUT2D eigenvalue weighted by Gasteiger charge is 2.34. The van der Waals surface area contributed by atoms with Crippen molar-refractivity contribution in [1.82, 2.24) is 14.9 Å². The minimum Gasteiger partial charge on any atom is -0.393 e. The van der Waals surface area contributed by atoms with E-state index < -0.39 is 23.7 Å². The lowest BCUT2D eigenvalue weighted by molar-refractivity contribution is 0.0455. The molecule has 3 aromatic rings. The normalized spacial score (nSPS) is 19.4. The van der Waals surface area contributed by atoms with Gasteiger partial charge in [0.2, 0.25) is 0 Å². The number of hydrogen-bond donors (Lipinski definition) is 1. The zero-order chi connectivity index (χ0) is 27.5. The monoisotopic (exact) mass is 553 g/mol. The Balaban J connectivity index is 1.34. The van der Waals surface area contributed by atoms with Gasteiger partial charge in [0.25, 0.3) is 5.91 Å². The molecule has 1 saturated carbocycles. The van der Waals surface area contributed by atoms with Crippen molar-refractivity contribution in [1.29, 1.82) is 0 Å². The van der Waals surface area contributed by atoms with Gasteiger partial charge >= 0.3 is 0 Å². The van der Waals surface area contributed by atoms with E-state index in [4.69, 9.17) is 0 Å². The Morgan fingerprint density at radius 3 is 2.54 bits per heavy atom. The van der Waals surface area contributed by atoms with Crippen LogP contribution in [0.2, 0.25) is 0 Å². The molecule has 0 bridgehead atoms. The average Bonchev–Trinajstić information content (AvgIpc) is 3.69. The molecule has 1 aliphatic carbocycles. The van der Waals surface area contributed by atoms with Gasteiger partial charge in [-0.1, -0.05) is 12.8 Å². The van der Waals surface area contributed by atoms with Gasteiger partial charge in [0.1, 0.15) is 22.3 Å². The first-order chi connectivity index (χ1) is 18.8. The van der Waals surface area contributed by atoms with Crippen LogP contribution in [0.1, 0.15) is 88.1 Å². The Hall–Kier alpha value is -3.04. The van der Waals surface area contributed by atoms with E-state index in [-0.39, 0.29) is 42.2 Å². The van der Waals surface area contributed by atoms with Crippen LogP contribution in [0, 0.1) is 30.4 Å². The number of aliphatic hydroxyl groups is 1. The van der Waals surface area contributed by atoms with E-state index in [0.29, 0.717) is 17.7 Å². The number of ketones is 1. The number of aromatic nitrogens is 2. The predicted molar refractivity (Wildman–Crippen MR) is 145 cm³/mol. The smallest absolute Gasteiger partial charge is 0.273 e. The Kier molecular flexibility index (Phi) is 8.47. The molecular formula is C30H33F2N3O3S. The molecule has 0 radical (unpaired) electrons. The number of halogens is 2. The lowest BCUT2D eigenvalue weighted by Crippen LogP contribution is -2.32. The molecule has 1 amide bonds. The molecule has 206 valence electrons. The average molecular weight is 554 g/mol. The minimum absolute atomic E-state index is 0.00181. The van der Waals surface area contributed by atoms with Crippen molar-refractivity contribution < 1.29 is 23.5 Å². The Morgan fingerprint density at radius 2 is 1.85 bits per heavy atom. The van der Waals surface area contributed by atoms with Crippen LogP contribution in [0.15, 0.2) is 41.9 Å². The molecule has 39 heavy (non-hydrogen) atoms. The zero-order valence-electron chi connectivity index (χ0n) is 22.0. The van der Waals surface area contributed by atoms with E-state index in [1.807, 2.05) is 12.3 Å². The first kappa shape index (κ1) is 27.5. The molecule has 1 aromatic carbocycles. The lowest BCUT2D eigenvalue weighted by Gasteiger charge is -2.27. The number of pyridine rings is 1. The summed E-state index contributed by atoms with van der Waals surface area (Å²) in [6.45, 7) is 2.53. The van der Waals surface area contributed by atoms with Crippen LogP contribution in [0.5, 0.6) is 0 Å². The summed E-state index contributed by atoms with van der Waals surface area (Å²) in [6.07, 6.45) is 6.35. The SMILES string of the molecule is Cc1csc([C@H]2CCCN2C(=O)c2cc(C(=O)C[C@@H](Cc3cc(F)cc(F)c3)[C@H](O)C3CCCC3)ccn2)n1. The number of hydrogen-bond acceptors (Lipinski definition) is 6. The van der Waals surface area contributed by atoms with Crippen LogP contribution < -0.4 is 0 Å². The fourth-order valence-corrected chi connectivity index (χ4v) is 6.99. The number of Topliss-reactive ketones (excluding diaryl/α,β-unsaturated/α-hetero) is 1. The quantitative estimate of drug-likeness (QED) is 0.325. The number of rotatable bonds is 9. The number of aliphatic hydroxyl groups excluding tert-OH is 1. The zero-order valence-corrected chi connectivity index (χ0v) is 22.8. The molecule has 2 aliphatic rings. The number of thiazole rings is 1. The third-order valence-corrected chi connectivity index (χ3v) is 9.03. The molecule has 3 heterocycles. The number of nitrogens with zero attached hydrogens (tertiary/aromatic N) is 3. The summed E-state index contributed by atoms with van der Waals surface area (Å²) in [5.74, 6) is -2.30. The lowest BCUT2D eigenvalue weighted by atomic mass is 9.81. The Bertz CT molecular complexity index is 1320. The molecule has 1 aliphatic heterocycles. The molecule has 2 aromatic heterocycles. The van der Waals surface area contributed by atoms with Crippen LogP contribution in [0.25, 0.3) is 0 Å². The van der Waals surface area contributed by atoms with Gasteiger partial charge in [-0.3, -0.25) is 14.6 Å². The number of likely N-dealkylation sites (tertiary alicyclic amines) is 1. The van der Waals surface area contributed by atoms with Crippen molar-refractivity contribution in [2.75, 3.05) is 6.54 Å². The first-order valence-electron chi connectivity index (χ1n) is 13.6. The summed E-state index contributed by atoms with van der Waals surface area (Å²) in [7, 11) is 0. The Labute approximate surface area is 231 Å². The molecular weight excluding hydrogens is 520 g/mol. The van der Waals surface area contributed by atoms with Crippen molar-refractivity contribution in [3.63, 3.8) is 0 Å². The van der Waals surface area contributed by atoms with Crippen LogP contribution in [0.3, 0.4) is 0 Å². The second-order valence-electron chi connectivity index (χ2n) is 10.8. The molecule has 1 N–H and O–H groups in total. The van der Waals surface area contributed by atoms with Crippen LogP contribution >= 0.6 is 11.3 Å². The standard InChI is InChI=1S/C30H33F2N3O3S/c1-18-17-39-29(34-18)26-7-4-10-35(26)30(38)25-14-21(8-9-33-25)27(36)15-22(28(37)20-5-2-3-6-20)11-19-12-23(31)16-24(32)13-19/h8-9,12-14,16-17,20,22,26,28,37H,2-7,10-11,15H2,1H3/t22-,26-,28-/m1/s1. The van der Waals surface area contributed by atoms with E-state index in [2.05, 4.69) is 9.97 Å². The Morgan fingerprint density at radius 1 is 1.10 bits per heavy atom. The van der Waals surface area contributed by atoms with Crippen molar-refractivity contribution in [3.05, 3.63) is 81.1 Å². The van der Waals surface area contributed by atoms with Gasteiger partial charge < -0.3 is 10.0 Å². The van der Waals surface area contributed by atoms with Crippen molar-refractivity contribution >= 4 is 23.0 Å². The number of amides is 1. The third-order valence-electron chi connectivity index (χ3n) is 7.97. The molecule has 6 nitrogen and oxygen atoms in total. The van der Waals surface area contributed by atoms with E-state index in [9.17, 15) is 23.5 Å². The van der Waals surface area contributed by atoms with Crippen LogP contribution in [-0.2, 0) is 6.42 Å². The van der Waals surface area contributed by atoms with Gasteiger partial charge in [-0.15, -0.1) is 11.3 Å². The highest BCUT2D eigenvalue weighted by molar-refractivity contribution is 7.09. The second-order valence-corrected chi connectivity index (χ2v) is 11.7. The number of aryl methyl sites for hydroxylation is 1. The molecule has 0 unspecified atom stereocenters. The summed E-state index contributed by atoms with van der Waals surface area (Å²) in [4.78, 5) is 37.5. The molecule has 1 saturated heterocycles. The maximum atomic E-state index is 13.9. The number of carbonyl (C=O) groups excluding carboxylic acids is 2. The van der Waals surface area contributed by atoms with Crippen molar-refractivity contribution in [2.45, 2.75) is 70.4 Å². The molecule has 9 heteroatoms. The van der Waals surface area contributed by atoms with Gasteiger partial charge in [0.05, 0.1) is 12.1 Å². The topological polar surface area (TPSA) is 83.4 Å². The summed E-state index contributed by atoms with van der Waals surface area (Å²) >= 11 is 1.54. The summed E-state index contributed by atoms with van der Waals surface area (Å²) in [6, 6.07) is 6.31. The summed E-state index contributed by atoms with van der Waals surface area (Å²) < 4.78 is 27.8. The second kappa shape index (κ2) is 12.0. The van der Waals surface area contributed by atoms with E-state index >= 15 is 0 Å². The summed E-state index contributed by atoms with van der Waals surface area (Å²) in [5, 5.41) is 14.1. The van der Waals surface area contributed by atoms with E-state index in [1.165, 1.54) is 24.4 Å². The number of benzene rings is 1. The van der Waals surface area contributed by atoms with Crippen LogP contribution in [-0.4, -0.2) is 44.3 Å². The number of carbonyl (C=O) groups is 2. The molecule has 5 rings (SSSR count). The van der Waals surface area contributed by atoms with Gasteiger partial charge in [-0.2, -0.15) is 0 Å². The predicted octanol–water partition coefficient (Wildman–Crippen LogP) is 6.08. The highest BCUT2D eigenvalue weighted by Crippen LogP contribution is 2.36. The largest absolute Gasteiger partial charge is 0.393 e. The van der Waals surface area contributed by atoms with Gasteiger partial charge in [0, 0.05) is 41.9 Å². The fraction of sp³-hybridized carbons (Fsp3) is 0.467. The minimum atomic E-state index is -0.766. The maximum absolute atomic E-state index is 13.9. The fourth-order valence-electron chi connectivity index (χ4n) is 6.04. The third kappa shape index (κ3) is 6.41. The first-order valence-corrected chi connectivity index (χ1v) is 14.5. The van der Waals surface area contributed by atoms with Gasteiger partial charge in [-0.25, -0.2) is 13.8 Å². The van der Waals surface area contributed by atoms with E-state index in [1.54, 1.807) is 22.3 Å².